The normalized spacial score (nSPS) is 12.4. The molecule has 1 aromatic rings. The van der Waals surface area contributed by atoms with Gasteiger partial charge in [0, 0.05) is 11.6 Å². The summed E-state index contributed by atoms with van der Waals surface area (Å²) in [6, 6.07) is 2.91. The van der Waals surface area contributed by atoms with Crippen molar-refractivity contribution < 1.29 is 23.5 Å². The number of aldehydes is 1. The summed E-state index contributed by atoms with van der Waals surface area (Å²) < 4.78 is 23.7. The van der Waals surface area contributed by atoms with E-state index in [0.29, 0.717) is 12.0 Å². The average molecular weight is 283 g/mol. The van der Waals surface area contributed by atoms with E-state index in [1.54, 1.807) is 20.8 Å². The van der Waals surface area contributed by atoms with E-state index in [2.05, 4.69) is 5.32 Å². The van der Waals surface area contributed by atoms with Gasteiger partial charge >= 0.3 is 6.09 Å². The third kappa shape index (κ3) is 4.53. The predicted octanol–water partition coefficient (Wildman–Crippen LogP) is 2.60. The molecule has 0 fully saturated rings. The van der Waals surface area contributed by atoms with Gasteiger partial charge in [-0.1, -0.05) is 0 Å². The lowest BCUT2D eigenvalue weighted by molar-refractivity contribution is -0.109. The van der Waals surface area contributed by atoms with E-state index < -0.39 is 23.6 Å². The van der Waals surface area contributed by atoms with Gasteiger partial charge in [-0.3, -0.25) is 0 Å². The van der Waals surface area contributed by atoms with E-state index in [1.165, 1.54) is 19.2 Å². The maximum absolute atomic E-state index is 13.8. The van der Waals surface area contributed by atoms with E-state index in [1.807, 2.05) is 0 Å². The number of ether oxygens (including phenoxy) is 2. The summed E-state index contributed by atoms with van der Waals surface area (Å²) in [5.74, 6) is -0.314. The van der Waals surface area contributed by atoms with Gasteiger partial charge in [-0.15, -0.1) is 0 Å². The van der Waals surface area contributed by atoms with Gasteiger partial charge in [0.15, 0.2) is 0 Å². The highest BCUT2D eigenvalue weighted by Gasteiger charge is 2.22. The zero-order chi connectivity index (χ0) is 15.3. The second-order valence-corrected chi connectivity index (χ2v) is 5.15. The topological polar surface area (TPSA) is 64.6 Å². The zero-order valence-electron chi connectivity index (χ0n) is 11.9. The highest BCUT2D eigenvalue weighted by molar-refractivity contribution is 5.74. The molecule has 0 radical (unpaired) electrons. The Balaban J connectivity index is 2.86. The van der Waals surface area contributed by atoms with Crippen molar-refractivity contribution in [2.24, 2.45) is 0 Å². The highest BCUT2D eigenvalue weighted by atomic mass is 19.1. The summed E-state index contributed by atoms with van der Waals surface area (Å²) in [5.41, 5.74) is -0.651. The number of rotatable bonds is 4. The Kier molecular flexibility index (Phi) is 5.07. The van der Waals surface area contributed by atoms with Gasteiger partial charge in [0.2, 0.25) is 0 Å². The molecule has 6 heteroatoms. The maximum Gasteiger partial charge on any atom is 0.408 e. The summed E-state index contributed by atoms with van der Waals surface area (Å²) in [6.45, 7) is 5.07. The van der Waals surface area contributed by atoms with Crippen molar-refractivity contribution in [2.45, 2.75) is 32.4 Å². The van der Waals surface area contributed by atoms with Crippen molar-refractivity contribution in [3.05, 3.63) is 29.6 Å². The number of hydrogen-bond acceptors (Lipinski definition) is 4. The maximum atomic E-state index is 13.8. The first-order valence-electron chi connectivity index (χ1n) is 6.05. The molecule has 0 spiro atoms. The molecule has 110 valence electrons. The van der Waals surface area contributed by atoms with Crippen LogP contribution in [0.1, 0.15) is 32.4 Å². The van der Waals surface area contributed by atoms with Gasteiger partial charge in [-0.2, -0.15) is 0 Å². The smallest absolute Gasteiger partial charge is 0.408 e. The summed E-state index contributed by atoms with van der Waals surface area (Å²) >= 11 is 0. The van der Waals surface area contributed by atoms with Crippen LogP contribution in [-0.4, -0.2) is 25.1 Å². The molecular weight excluding hydrogens is 265 g/mol. The fourth-order valence-corrected chi connectivity index (χ4v) is 1.51. The predicted molar refractivity (Wildman–Crippen MR) is 71.1 cm³/mol. The number of alkyl carbamates (subject to hydrolysis) is 1. The lowest BCUT2D eigenvalue weighted by Gasteiger charge is -2.21. The molecular formula is C14H18FNO4. The van der Waals surface area contributed by atoms with Crippen LogP contribution in [0.15, 0.2) is 18.2 Å². The summed E-state index contributed by atoms with van der Waals surface area (Å²) in [5, 5.41) is 2.31. The Morgan fingerprint density at radius 1 is 1.40 bits per heavy atom. The summed E-state index contributed by atoms with van der Waals surface area (Å²) in [6.07, 6.45) is -0.348. The Bertz CT molecular complexity index is 496. The van der Waals surface area contributed by atoms with Crippen LogP contribution in [0.3, 0.4) is 0 Å². The Morgan fingerprint density at radius 2 is 2.05 bits per heavy atom. The minimum Gasteiger partial charge on any atom is -0.497 e. The molecule has 5 nitrogen and oxygen atoms in total. The third-order valence-corrected chi connectivity index (χ3v) is 2.35. The molecule has 0 bridgehead atoms. The monoisotopic (exact) mass is 283 g/mol. The second kappa shape index (κ2) is 6.36. The minimum absolute atomic E-state index is 0.0478. The van der Waals surface area contributed by atoms with Crippen molar-refractivity contribution in [3.63, 3.8) is 0 Å². The number of carbonyl (C=O) groups is 2. The Labute approximate surface area is 117 Å². The Hall–Kier alpha value is -2.11. The molecule has 1 amide bonds. The number of nitrogens with one attached hydrogen (secondary N) is 1. The largest absolute Gasteiger partial charge is 0.497 e. The van der Waals surface area contributed by atoms with Crippen molar-refractivity contribution in [3.8, 4) is 5.75 Å². The third-order valence-electron chi connectivity index (χ3n) is 2.35. The van der Waals surface area contributed by atoms with Crippen molar-refractivity contribution in [1.29, 1.82) is 0 Å². The van der Waals surface area contributed by atoms with Gasteiger partial charge < -0.3 is 19.6 Å². The first-order valence-corrected chi connectivity index (χ1v) is 6.05. The molecule has 0 aromatic heterocycles. The standard InChI is InChI=1S/C14H18FNO4/c1-14(2,3)20-13(18)16-12(8-17)10-6-5-9(19-4)7-11(10)15/h5-8,12H,1-4H3,(H,16,18). The molecule has 0 saturated heterocycles. The number of hydrogen-bond donors (Lipinski definition) is 1. The van der Waals surface area contributed by atoms with E-state index in [-0.39, 0.29) is 5.56 Å². The Morgan fingerprint density at radius 3 is 2.50 bits per heavy atom. The fraction of sp³-hybridized carbons (Fsp3) is 0.429. The molecule has 0 aliphatic heterocycles. The van der Waals surface area contributed by atoms with Gasteiger partial charge in [-0.05, 0) is 32.9 Å². The van der Waals surface area contributed by atoms with Crippen molar-refractivity contribution >= 4 is 12.4 Å². The minimum atomic E-state index is -1.12. The number of benzene rings is 1. The van der Waals surface area contributed by atoms with Crippen LogP contribution >= 0.6 is 0 Å². The fourth-order valence-electron chi connectivity index (χ4n) is 1.51. The number of halogens is 1. The van der Waals surface area contributed by atoms with Gasteiger partial charge in [-0.25, -0.2) is 9.18 Å². The van der Waals surface area contributed by atoms with Crippen LogP contribution < -0.4 is 10.1 Å². The number of amides is 1. The van der Waals surface area contributed by atoms with Crippen LogP contribution in [0.25, 0.3) is 0 Å². The molecule has 1 unspecified atom stereocenters. The number of methoxy groups -OCH3 is 1. The molecule has 1 aromatic carbocycles. The highest BCUT2D eigenvalue weighted by Crippen LogP contribution is 2.21. The second-order valence-electron chi connectivity index (χ2n) is 5.15. The van der Waals surface area contributed by atoms with Crippen molar-refractivity contribution in [2.75, 3.05) is 7.11 Å². The van der Waals surface area contributed by atoms with Crippen LogP contribution in [0, 0.1) is 5.82 Å². The van der Waals surface area contributed by atoms with Gasteiger partial charge in [0.05, 0.1) is 7.11 Å². The first-order chi connectivity index (χ1) is 9.26. The lowest BCUT2D eigenvalue weighted by atomic mass is 10.1. The molecule has 1 rings (SSSR count). The van der Waals surface area contributed by atoms with E-state index in [0.717, 1.165) is 6.07 Å². The zero-order valence-corrected chi connectivity index (χ0v) is 11.9. The summed E-state index contributed by atoms with van der Waals surface area (Å²) in [4.78, 5) is 22.6. The van der Waals surface area contributed by atoms with Crippen LogP contribution in [-0.2, 0) is 9.53 Å². The molecule has 20 heavy (non-hydrogen) atoms. The molecule has 1 atom stereocenters. The quantitative estimate of drug-likeness (QED) is 0.863. The average Bonchev–Trinajstić information content (AvgIpc) is 2.34. The van der Waals surface area contributed by atoms with Crippen LogP contribution in [0.2, 0.25) is 0 Å². The van der Waals surface area contributed by atoms with E-state index >= 15 is 0 Å². The summed E-state index contributed by atoms with van der Waals surface area (Å²) in [7, 11) is 1.41. The van der Waals surface area contributed by atoms with Gasteiger partial charge in [0.25, 0.3) is 0 Å². The first kappa shape index (κ1) is 15.9. The molecule has 0 saturated carbocycles. The molecule has 0 heterocycles. The van der Waals surface area contributed by atoms with Gasteiger partial charge in [0.1, 0.15) is 29.5 Å². The molecule has 1 N–H and O–H groups in total. The van der Waals surface area contributed by atoms with E-state index in [9.17, 15) is 14.0 Å². The number of carbonyl (C=O) groups excluding carboxylic acids is 2. The molecule has 0 aliphatic carbocycles. The van der Waals surface area contributed by atoms with Crippen molar-refractivity contribution in [1.82, 2.24) is 5.32 Å². The van der Waals surface area contributed by atoms with Crippen LogP contribution in [0.4, 0.5) is 9.18 Å². The lowest BCUT2D eigenvalue weighted by Crippen LogP contribution is -2.35. The molecule has 0 aliphatic rings. The van der Waals surface area contributed by atoms with E-state index in [4.69, 9.17) is 9.47 Å². The SMILES string of the molecule is COc1ccc(C(C=O)NC(=O)OC(C)(C)C)c(F)c1. The van der Waals surface area contributed by atoms with Crippen LogP contribution in [0.5, 0.6) is 5.75 Å².